The molecule has 4 heteroatoms. The van der Waals surface area contributed by atoms with E-state index in [1.54, 1.807) is 0 Å². The third-order valence-electron chi connectivity index (χ3n) is 4.05. The van der Waals surface area contributed by atoms with E-state index in [1.807, 2.05) is 30.3 Å². The first-order valence-corrected chi connectivity index (χ1v) is 7.86. The van der Waals surface area contributed by atoms with Gasteiger partial charge in [0.05, 0.1) is 6.61 Å². The highest BCUT2D eigenvalue weighted by molar-refractivity contribution is 5.66. The largest absolute Gasteiger partial charge is 0.493 e. The summed E-state index contributed by atoms with van der Waals surface area (Å²) in [4.78, 5) is 12.9. The van der Waals surface area contributed by atoms with Crippen molar-refractivity contribution in [3.8, 4) is 5.75 Å². The van der Waals surface area contributed by atoms with Gasteiger partial charge in [-0.1, -0.05) is 18.2 Å². The molecule has 116 valence electrons. The number of piperidine rings is 1. The lowest BCUT2D eigenvalue weighted by atomic mass is 9.97. The van der Waals surface area contributed by atoms with Crippen LogP contribution in [-0.4, -0.2) is 42.2 Å². The van der Waals surface area contributed by atoms with Gasteiger partial charge in [0, 0.05) is 6.42 Å². The van der Waals surface area contributed by atoms with E-state index in [4.69, 9.17) is 9.84 Å². The lowest BCUT2D eigenvalue weighted by molar-refractivity contribution is -0.137. The van der Waals surface area contributed by atoms with E-state index in [-0.39, 0.29) is 0 Å². The van der Waals surface area contributed by atoms with Crippen LogP contribution in [0.3, 0.4) is 0 Å². The fourth-order valence-corrected chi connectivity index (χ4v) is 2.72. The summed E-state index contributed by atoms with van der Waals surface area (Å²) in [6, 6.07) is 9.98. The number of hydrogen-bond donors (Lipinski definition) is 1. The Bertz CT molecular complexity index is 413. The topological polar surface area (TPSA) is 49.8 Å². The van der Waals surface area contributed by atoms with Gasteiger partial charge in [0.25, 0.3) is 0 Å². The molecule has 0 spiro atoms. The third-order valence-corrected chi connectivity index (χ3v) is 4.05. The monoisotopic (exact) mass is 291 g/mol. The molecule has 1 aliphatic rings. The van der Waals surface area contributed by atoms with E-state index in [1.165, 1.54) is 12.8 Å². The van der Waals surface area contributed by atoms with Crippen molar-refractivity contribution in [3.05, 3.63) is 30.3 Å². The van der Waals surface area contributed by atoms with Crippen LogP contribution in [0.25, 0.3) is 0 Å². The van der Waals surface area contributed by atoms with Crippen LogP contribution in [0.15, 0.2) is 30.3 Å². The van der Waals surface area contributed by atoms with Crippen LogP contribution < -0.4 is 4.74 Å². The van der Waals surface area contributed by atoms with Crippen molar-refractivity contribution in [2.45, 2.75) is 32.1 Å². The van der Waals surface area contributed by atoms with Crippen molar-refractivity contribution in [1.82, 2.24) is 4.90 Å². The van der Waals surface area contributed by atoms with Crippen molar-refractivity contribution < 1.29 is 14.6 Å². The van der Waals surface area contributed by atoms with Gasteiger partial charge in [-0.3, -0.25) is 4.79 Å². The summed E-state index contributed by atoms with van der Waals surface area (Å²) in [6.45, 7) is 4.04. The molecule has 0 amide bonds. The SMILES string of the molecule is O=C(O)CCCCN1CCC(COc2ccccc2)CC1. The van der Waals surface area contributed by atoms with Crippen LogP contribution in [0.1, 0.15) is 32.1 Å². The fraction of sp³-hybridized carbons (Fsp3) is 0.588. The van der Waals surface area contributed by atoms with Gasteiger partial charge in [0.1, 0.15) is 5.75 Å². The Kier molecular flexibility index (Phi) is 6.54. The Hall–Kier alpha value is -1.55. The van der Waals surface area contributed by atoms with E-state index in [2.05, 4.69) is 4.90 Å². The molecule has 1 N–H and O–H groups in total. The van der Waals surface area contributed by atoms with E-state index in [0.29, 0.717) is 12.3 Å². The Balaban J connectivity index is 1.57. The van der Waals surface area contributed by atoms with Gasteiger partial charge >= 0.3 is 5.97 Å². The molecule has 21 heavy (non-hydrogen) atoms. The van der Waals surface area contributed by atoms with Crippen molar-refractivity contribution in [2.24, 2.45) is 5.92 Å². The first kappa shape index (κ1) is 15.8. The lowest BCUT2D eigenvalue weighted by Gasteiger charge is -2.31. The quantitative estimate of drug-likeness (QED) is 0.748. The van der Waals surface area contributed by atoms with Crippen LogP contribution in [-0.2, 0) is 4.79 Å². The molecule has 1 aromatic rings. The molecule has 0 saturated carbocycles. The minimum atomic E-state index is -0.688. The number of rotatable bonds is 8. The second-order valence-corrected chi connectivity index (χ2v) is 5.76. The number of unbranched alkanes of at least 4 members (excludes halogenated alkanes) is 1. The zero-order valence-electron chi connectivity index (χ0n) is 12.5. The summed E-state index contributed by atoms with van der Waals surface area (Å²) in [7, 11) is 0. The maximum Gasteiger partial charge on any atom is 0.303 e. The number of carboxylic acid groups (broad SMARTS) is 1. The number of para-hydroxylation sites is 1. The van der Waals surface area contributed by atoms with Crippen molar-refractivity contribution >= 4 is 5.97 Å². The van der Waals surface area contributed by atoms with E-state index in [9.17, 15) is 4.79 Å². The molecule has 0 aromatic heterocycles. The molecule has 1 fully saturated rings. The molecular formula is C17H25NO3. The number of hydrogen-bond acceptors (Lipinski definition) is 3. The third kappa shape index (κ3) is 6.17. The molecule has 0 unspecified atom stereocenters. The highest BCUT2D eigenvalue weighted by Gasteiger charge is 2.19. The summed E-state index contributed by atoms with van der Waals surface area (Å²) in [6.07, 6.45) is 4.41. The van der Waals surface area contributed by atoms with Crippen LogP contribution in [0, 0.1) is 5.92 Å². The number of benzene rings is 1. The predicted molar refractivity (Wildman–Crippen MR) is 82.6 cm³/mol. The van der Waals surface area contributed by atoms with Crippen molar-refractivity contribution in [2.75, 3.05) is 26.2 Å². The number of carbonyl (C=O) groups is 1. The first-order chi connectivity index (χ1) is 10.2. The van der Waals surface area contributed by atoms with Crippen molar-refractivity contribution in [1.29, 1.82) is 0 Å². The van der Waals surface area contributed by atoms with Crippen molar-refractivity contribution in [3.63, 3.8) is 0 Å². The van der Waals surface area contributed by atoms with Gasteiger partial charge in [-0.15, -0.1) is 0 Å². The Morgan fingerprint density at radius 2 is 1.90 bits per heavy atom. The smallest absolute Gasteiger partial charge is 0.303 e. The molecular weight excluding hydrogens is 266 g/mol. The van der Waals surface area contributed by atoms with Crippen LogP contribution in [0.2, 0.25) is 0 Å². The maximum absolute atomic E-state index is 10.5. The second kappa shape index (κ2) is 8.67. The summed E-state index contributed by atoms with van der Waals surface area (Å²) in [5.74, 6) is 0.904. The summed E-state index contributed by atoms with van der Waals surface area (Å²) in [5, 5.41) is 8.61. The lowest BCUT2D eigenvalue weighted by Crippen LogP contribution is -2.36. The summed E-state index contributed by atoms with van der Waals surface area (Å²) in [5.41, 5.74) is 0. The van der Waals surface area contributed by atoms with Crippen LogP contribution in [0.5, 0.6) is 5.75 Å². The highest BCUT2D eigenvalue weighted by atomic mass is 16.5. The number of nitrogens with zero attached hydrogens (tertiary/aromatic N) is 1. The molecule has 0 atom stereocenters. The normalized spacial score (nSPS) is 16.8. The van der Waals surface area contributed by atoms with E-state index >= 15 is 0 Å². The molecule has 1 aliphatic heterocycles. The standard InChI is InChI=1S/C17H25NO3/c19-17(20)8-4-5-11-18-12-9-15(10-13-18)14-21-16-6-2-1-3-7-16/h1-3,6-7,15H,4-5,8-14H2,(H,19,20). The molecule has 0 aliphatic carbocycles. The van der Waals surface area contributed by atoms with Gasteiger partial charge in [-0.05, 0) is 63.4 Å². The zero-order chi connectivity index (χ0) is 14.9. The van der Waals surface area contributed by atoms with E-state index in [0.717, 1.165) is 44.8 Å². The highest BCUT2D eigenvalue weighted by Crippen LogP contribution is 2.19. The molecule has 0 bridgehead atoms. The first-order valence-electron chi connectivity index (χ1n) is 7.86. The Morgan fingerprint density at radius 1 is 1.19 bits per heavy atom. The Labute approximate surface area is 126 Å². The van der Waals surface area contributed by atoms with Gasteiger partial charge in [0.2, 0.25) is 0 Å². The average Bonchev–Trinajstić information content (AvgIpc) is 2.51. The molecule has 1 saturated heterocycles. The fourth-order valence-electron chi connectivity index (χ4n) is 2.72. The molecule has 1 aromatic carbocycles. The molecule has 1 heterocycles. The average molecular weight is 291 g/mol. The molecule has 0 radical (unpaired) electrons. The minimum Gasteiger partial charge on any atom is -0.493 e. The minimum absolute atomic E-state index is 0.293. The van der Waals surface area contributed by atoms with E-state index < -0.39 is 5.97 Å². The van der Waals surface area contributed by atoms with Gasteiger partial charge in [-0.2, -0.15) is 0 Å². The molecule has 4 nitrogen and oxygen atoms in total. The summed E-state index contributed by atoms with van der Waals surface area (Å²) < 4.78 is 5.82. The Morgan fingerprint density at radius 3 is 2.57 bits per heavy atom. The van der Waals surface area contributed by atoms with Gasteiger partial charge in [0.15, 0.2) is 0 Å². The van der Waals surface area contributed by atoms with Gasteiger partial charge < -0.3 is 14.7 Å². The van der Waals surface area contributed by atoms with Gasteiger partial charge in [-0.25, -0.2) is 0 Å². The predicted octanol–water partition coefficient (Wildman–Crippen LogP) is 3.03. The van der Waals surface area contributed by atoms with Crippen LogP contribution in [0.4, 0.5) is 0 Å². The summed E-state index contributed by atoms with van der Waals surface area (Å²) >= 11 is 0. The molecule has 2 rings (SSSR count). The number of ether oxygens (including phenoxy) is 1. The number of likely N-dealkylation sites (tertiary alicyclic amines) is 1. The van der Waals surface area contributed by atoms with Crippen LogP contribution >= 0.6 is 0 Å². The maximum atomic E-state index is 10.5. The second-order valence-electron chi connectivity index (χ2n) is 5.76. The number of carboxylic acids is 1. The number of aliphatic carboxylic acids is 1. The zero-order valence-corrected chi connectivity index (χ0v) is 12.5.